The maximum atomic E-state index is 13.9. The predicted octanol–water partition coefficient (Wildman–Crippen LogP) is 5.14. The van der Waals surface area contributed by atoms with Gasteiger partial charge in [0, 0.05) is 29.1 Å². The van der Waals surface area contributed by atoms with Crippen molar-refractivity contribution >= 4 is 23.2 Å². The molecule has 35 heavy (non-hydrogen) atoms. The molecule has 4 rings (SSSR count). The molecule has 0 bridgehead atoms. The minimum Gasteiger partial charge on any atom is -0.497 e. The van der Waals surface area contributed by atoms with Crippen LogP contribution in [0.2, 0.25) is 0 Å². The van der Waals surface area contributed by atoms with Crippen molar-refractivity contribution in [2.75, 3.05) is 14.2 Å². The van der Waals surface area contributed by atoms with Gasteiger partial charge in [-0.05, 0) is 42.0 Å². The van der Waals surface area contributed by atoms with E-state index in [0.29, 0.717) is 23.6 Å². The number of rotatable bonds is 10. The summed E-state index contributed by atoms with van der Waals surface area (Å²) in [5.41, 5.74) is 1.59. The maximum Gasteiger partial charge on any atom is 0.247 e. The Labute approximate surface area is 210 Å². The lowest BCUT2D eigenvalue weighted by atomic mass is 10.00. The largest absolute Gasteiger partial charge is 0.497 e. The average molecular weight is 493 g/mol. The number of nitrogens with one attached hydrogen (secondary N) is 1. The molecular weight excluding hydrogens is 460 g/mol. The van der Waals surface area contributed by atoms with E-state index >= 15 is 0 Å². The zero-order valence-electron chi connectivity index (χ0n) is 20.2. The molecule has 3 aromatic rings. The number of hydrogen-bond donors (Lipinski definition) is 1. The third-order valence-corrected chi connectivity index (χ3v) is 7.29. The van der Waals surface area contributed by atoms with Gasteiger partial charge in [0.25, 0.3) is 0 Å². The van der Waals surface area contributed by atoms with E-state index in [1.54, 1.807) is 42.6 Å². The van der Waals surface area contributed by atoms with Crippen LogP contribution in [-0.4, -0.2) is 37.0 Å². The molecule has 6 nitrogen and oxygen atoms in total. The molecule has 0 aliphatic heterocycles. The van der Waals surface area contributed by atoms with E-state index < -0.39 is 6.04 Å². The molecule has 184 valence electrons. The van der Waals surface area contributed by atoms with E-state index in [4.69, 9.17) is 9.47 Å². The number of carbonyl (C=O) groups excluding carboxylic acids is 2. The summed E-state index contributed by atoms with van der Waals surface area (Å²) in [6, 6.07) is 18.3. The van der Waals surface area contributed by atoms with Crippen molar-refractivity contribution in [3.05, 3.63) is 82.0 Å². The van der Waals surface area contributed by atoms with Crippen LogP contribution >= 0.6 is 11.3 Å². The fourth-order valence-electron chi connectivity index (χ4n) is 4.61. The van der Waals surface area contributed by atoms with Crippen molar-refractivity contribution in [2.45, 2.75) is 50.7 Å². The predicted molar refractivity (Wildman–Crippen MR) is 138 cm³/mol. The highest BCUT2D eigenvalue weighted by Gasteiger charge is 2.35. The van der Waals surface area contributed by atoms with E-state index in [9.17, 15) is 9.59 Å². The molecule has 1 atom stereocenters. The van der Waals surface area contributed by atoms with Crippen LogP contribution in [0, 0.1) is 0 Å². The monoisotopic (exact) mass is 492 g/mol. The summed E-state index contributed by atoms with van der Waals surface area (Å²) in [5.74, 6) is 0.842. The molecule has 1 saturated carbocycles. The molecule has 1 heterocycles. The van der Waals surface area contributed by atoms with Crippen molar-refractivity contribution < 1.29 is 19.1 Å². The van der Waals surface area contributed by atoms with E-state index in [0.717, 1.165) is 36.1 Å². The van der Waals surface area contributed by atoms with Crippen LogP contribution in [0.15, 0.2) is 66.0 Å². The molecular formula is C28H32N2O4S. The van der Waals surface area contributed by atoms with E-state index in [1.807, 2.05) is 53.9 Å². The van der Waals surface area contributed by atoms with E-state index in [-0.39, 0.29) is 24.3 Å². The lowest BCUT2D eigenvalue weighted by Crippen LogP contribution is -2.46. The smallest absolute Gasteiger partial charge is 0.247 e. The summed E-state index contributed by atoms with van der Waals surface area (Å²) in [4.78, 5) is 30.3. The van der Waals surface area contributed by atoms with Crippen LogP contribution in [0.3, 0.4) is 0 Å². The van der Waals surface area contributed by atoms with Gasteiger partial charge in [0.2, 0.25) is 11.8 Å². The number of benzene rings is 2. The van der Waals surface area contributed by atoms with Gasteiger partial charge in [0.15, 0.2) is 0 Å². The average Bonchev–Trinajstić information content (AvgIpc) is 3.59. The Balaban J connectivity index is 1.76. The Hall–Kier alpha value is -3.32. The Morgan fingerprint density at radius 1 is 1.03 bits per heavy atom. The van der Waals surface area contributed by atoms with Gasteiger partial charge in [-0.15, -0.1) is 11.3 Å². The first-order valence-corrected chi connectivity index (χ1v) is 12.8. The van der Waals surface area contributed by atoms with E-state index in [1.165, 1.54) is 0 Å². The molecule has 1 N–H and O–H groups in total. The van der Waals surface area contributed by atoms with Crippen LogP contribution in [0.1, 0.15) is 47.7 Å². The van der Waals surface area contributed by atoms with Crippen molar-refractivity contribution in [2.24, 2.45) is 0 Å². The molecule has 0 spiro atoms. The molecule has 1 fully saturated rings. The molecule has 2 amide bonds. The van der Waals surface area contributed by atoms with Crippen LogP contribution in [-0.2, 0) is 22.6 Å². The summed E-state index contributed by atoms with van der Waals surface area (Å²) < 4.78 is 11.1. The van der Waals surface area contributed by atoms with Gasteiger partial charge in [-0.25, -0.2) is 0 Å². The maximum absolute atomic E-state index is 13.9. The van der Waals surface area contributed by atoms with Crippen LogP contribution < -0.4 is 14.8 Å². The third-order valence-electron chi connectivity index (χ3n) is 6.42. The zero-order valence-corrected chi connectivity index (χ0v) is 21.1. The van der Waals surface area contributed by atoms with Gasteiger partial charge in [0.05, 0.1) is 20.6 Å². The Bertz CT molecular complexity index is 1110. The standard InChI is InChI=1S/C28H32N2O4S/c1-33-22-14-15-24(25(17-22)34-2)27(28(32)29-21-11-6-7-12-21)30(19-20-9-4-3-5-10-20)26(31)18-23-13-8-16-35-23/h3-5,8-10,13-17,21,27H,6-7,11-12,18-19H2,1-2H3,(H,29,32). The fraction of sp³-hybridized carbons (Fsp3) is 0.357. The number of amides is 2. The second-order valence-corrected chi connectivity index (χ2v) is 9.80. The lowest BCUT2D eigenvalue weighted by molar-refractivity contribution is -0.141. The van der Waals surface area contributed by atoms with Gasteiger partial charge >= 0.3 is 0 Å². The summed E-state index contributed by atoms with van der Waals surface area (Å²) in [5, 5.41) is 5.18. The first kappa shape index (κ1) is 24.8. The fourth-order valence-corrected chi connectivity index (χ4v) is 5.31. The van der Waals surface area contributed by atoms with Crippen molar-refractivity contribution in [1.82, 2.24) is 10.2 Å². The number of ether oxygens (including phenoxy) is 2. The summed E-state index contributed by atoms with van der Waals surface area (Å²) >= 11 is 1.54. The minimum absolute atomic E-state index is 0.110. The van der Waals surface area contributed by atoms with Crippen LogP contribution in [0.5, 0.6) is 11.5 Å². The highest BCUT2D eigenvalue weighted by atomic mass is 32.1. The van der Waals surface area contributed by atoms with Crippen molar-refractivity contribution in [3.63, 3.8) is 0 Å². The normalized spacial score (nSPS) is 14.3. The second-order valence-electron chi connectivity index (χ2n) is 8.76. The summed E-state index contributed by atoms with van der Waals surface area (Å²) in [6.45, 7) is 0.309. The number of carbonyl (C=O) groups is 2. The highest BCUT2D eigenvalue weighted by molar-refractivity contribution is 7.10. The minimum atomic E-state index is -0.843. The second kappa shape index (κ2) is 11.9. The number of nitrogens with zero attached hydrogens (tertiary/aromatic N) is 1. The Kier molecular flexibility index (Phi) is 8.42. The van der Waals surface area contributed by atoms with E-state index in [2.05, 4.69) is 5.32 Å². The zero-order chi connectivity index (χ0) is 24.6. The van der Waals surface area contributed by atoms with Gasteiger partial charge in [-0.3, -0.25) is 9.59 Å². The third kappa shape index (κ3) is 6.22. The molecule has 7 heteroatoms. The Morgan fingerprint density at radius 2 is 1.80 bits per heavy atom. The van der Waals surface area contributed by atoms with Gasteiger partial charge < -0.3 is 19.7 Å². The molecule has 1 aliphatic rings. The molecule has 0 saturated heterocycles. The molecule has 2 aromatic carbocycles. The Morgan fingerprint density at radius 3 is 2.46 bits per heavy atom. The first-order chi connectivity index (χ1) is 17.1. The first-order valence-electron chi connectivity index (χ1n) is 12.0. The number of methoxy groups -OCH3 is 2. The van der Waals surface area contributed by atoms with Crippen LogP contribution in [0.25, 0.3) is 0 Å². The number of thiophene rings is 1. The highest BCUT2D eigenvalue weighted by Crippen LogP contribution is 2.35. The molecule has 1 aliphatic carbocycles. The summed E-state index contributed by atoms with van der Waals surface area (Å²) in [6.07, 6.45) is 4.36. The SMILES string of the molecule is COc1ccc(C(C(=O)NC2CCCC2)N(Cc2ccccc2)C(=O)Cc2cccs2)c(OC)c1. The topological polar surface area (TPSA) is 67.9 Å². The van der Waals surface area contributed by atoms with Gasteiger partial charge in [-0.1, -0.05) is 49.2 Å². The quantitative estimate of drug-likeness (QED) is 0.426. The van der Waals surface area contributed by atoms with Crippen molar-refractivity contribution in [3.8, 4) is 11.5 Å². The van der Waals surface area contributed by atoms with Gasteiger partial charge in [-0.2, -0.15) is 0 Å². The molecule has 0 radical (unpaired) electrons. The van der Waals surface area contributed by atoms with Gasteiger partial charge in [0.1, 0.15) is 17.5 Å². The van der Waals surface area contributed by atoms with Crippen LogP contribution in [0.4, 0.5) is 0 Å². The molecule has 1 unspecified atom stereocenters. The summed E-state index contributed by atoms with van der Waals surface area (Å²) in [7, 11) is 3.16. The lowest BCUT2D eigenvalue weighted by Gasteiger charge is -2.33. The van der Waals surface area contributed by atoms with Crippen molar-refractivity contribution in [1.29, 1.82) is 0 Å². The number of hydrogen-bond acceptors (Lipinski definition) is 5. The molecule has 1 aromatic heterocycles.